The molecule has 0 bridgehead atoms. The predicted octanol–water partition coefficient (Wildman–Crippen LogP) is -0.0194. The second-order valence-electron chi connectivity index (χ2n) is 2.40. The first-order valence-corrected chi connectivity index (χ1v) is 3.29. The molecule has 0 spiro atoms. The minimum Gasteiger partial charge on any atom is -0.337 e. The standard InChI is InChI=1S/C8H5NO2/c10-6-3-1-2-5-4-9-8(11)7(5)6/h1-2H,3H2,(H,9,11). The van der Waals surface area contributed by atoms with E-state index in [1.807, 2.05) is 0 Å². The summed E-state index contributed by atoms with van der Waals surface area (Å²) in [7, 11) is 0. The predicted molar refractivity (Wildman–Crippen MR) is 37.2 cm³/mol. The third-order valence-electron chi connectivity index (χ3n) is 1.67. The maximum absolute atomic E-state index is 11.1. The van der Waals surface area contributed by atoms with E-state index in [1.54, 1.807) is 12.2 Å². The van der Waals surface area contributed by atoms with Gasteiger partial charge in [-0.25, -0.2) is 0 Å². The number of allylic oxidation sites excluding steroid dienone is 1. The van der Waals surface area contributed by atoms with Crippen LogP contribution >= 0.6 is 0 Å². The Kier molecular flexibility index (Phi) is 1.18. The lowest BCUT2D eigenvalue weighted by Crippen LogP contribution is -2.19. The smallest absolute Gasteiger partial charge is 0.256 e. The number of carbonyl (C=O) groups excluding carboxylic acids is 2. The zero-order valence-corrected chi connectivity index (χ0v) is 5.68. The molecule has 1 amide bonds. The van der Waals surface area contributed by atoms with Crippen molar-refractivity contribution in [2.24, 2.45) is 0 Å². The lowest BCUT2D eigenvalue weighted by atomic mass is 9.99. The van der Waals surface area contributed by atoms with Gasteiger partial charge < -0.3 is 5.32 Å². The van der Waals surface area contributed by atoms with Crippen LogP contribution in [0, 0.1) is 6.54 Å². The van der Waals surface area contributed by atoms with E-state index in [2.05, 4.69) is 11.9 Å². The number of Topliss-reactive ketones (excluding diaryl/α,β-unsaturated/α-hetero) is 1. The van der Waals surface area contributed by atoms with Gasteiger partial charge >= 0.3 is 0 Å². The highest BCUT2D eigenvalue weighted by Gasteiger charge is 2.28. The minimum atomic E-state index is -0.325. The zero-order valence-electron chi connectivity index (χ0n) is 5.68. The van der Waals surface area contributed by atoms with Crippen LogP contribution in [0.5, 0.6) is 0 Å². The van der Waals surface area contributed by atoms with Gasteiger partial charge in [0.15, 0.2) is 5.78 Å². The molecule has 0 saturated carbocycles. The van der Waals surface area contributed by atoms with Crippen molar-refractivity contribution in [2.75, 3.05) is 0 Å². The van der Waals surface area contributed by atoms with E-state index in [0.717, 1.165) is 0 Å². The molecular formula is C8H5NO2. The molecule has 11 heavy (non-hydrogen) atoms. The summed E-state index contributed by atoms with van der Waals surface area (Å²) in [5, 5.41) is 2.36. The van der Waals surface area contributed by atoms with Crippen molar-refractivity contribution in [3.63, 3.8) is 0 Å². The quantitative estimate of drug-likeness (QED) is 0.489. The monoisotopic (exact) mass is 147 g/mol. The van der Waals surface area contributed by atoms with Gasteiger partial charge in [0.25, 0.3) is 5.91 Å². The highest BCUT2D eigenvalue weighted by Crippen LogP contribution is 2.21. The largest absolute Gasteiger partial charge is 0.337 e. The maximum Gasteiger partial charge on any atom is 0.256 e. The van der Waals surface area contributed by atoms with Gasteiger partial charge in [-0.05, 0) is 5.57 Å². The Morgan fingerprint density at radius 2 is 2.27 bits per heavy atom. The normalized spacial score (nSPS) is 22.2. The first-order valence-electron chi connectivity index (χ1n) is 3.29. The summed E-state index contributed by atoms with van der Waals surface area (Å²) in [4.78, 5) is 22.0. The number of carbonyl (C=O) groups is 2. The van der Waals surface area contributed by atoms with Gasteiger partial charge in [-0.2, -0.15) is 0 Å². The molecule has 3 heteroatoms. The van der Waals surface area contributed by atoms with E-state index < -0.39 is 0 Å². The molecule has 3 nitrogen and oxygen atoms in total. The number of amides is 1. The molecule has 1 aliphatic heterocycles. The van der Waals surface area contributed by atoms with Gasteiger partial charge in [-0.15, -0.1) is 0 Å². The van der Waals surface area contributed by atoms with Crippen LogP contribution in [0.2, 0.25) is 0 Å². The summed E-state index contributed by atoms with van der Waals surface area (Å²) in [6.07, 6.45) is 3.79. The molecule has 2 radical (unpaired) electrons. The van der Waals surface area contributed by atoms with E-state index in [0.29, 0.717) is 12.0 Å². The fourth-order valence-corrected chi connectivity index (χ4v) is 1.16. The molecule has 1 N–H and O–H groups in total. The van der Waals surface area contributed by atoms with Crippen LogP contribution in [0.15, 0.2) is 23.3 Å². The van der Waals surface area contributed by atoms with Crippen molar-refractivity contribution < 1.29 is 9.59 Å². The second kappa shape index (κ2) is 2.05. The third kappa shape index (κ3) is 0.808. The SMILES string of the molecule is O=C1CC=CC2=C1C(=O)N[C]2. The Labute approximate surface area is 63.8 Å². The first kappa shape index (κ1) is 6.34. The van der Waals surface area contributed by atoms with Crippen LogP contribution < -0.4 is 5.32 Å². The summed E-state index contributed by atoms with van der Waals surface area (Å²) >= 11 is 0. The van der Waals surface area contributed by atoms with Crippen molar-refractivity contribution in [1.82, 2.24) is 5.32 Å². The summed E-state index contributed by atoms with van der Waals surface area (Å²) < 4.78 is 0. The Balaban J connectivity index is 2.49. The molecule has 0 saturated heterocycles. The molecule has 0 aromatic heterocycles. The maximum atomic E-state index is 11.1. The molecule has 0 aromatic carbocycles. The van der Waals surface area contributed by atoms with Crippen molar-refractivity contribution in [1.29, 1.82) is 0 Å². The van der Waals surface area contributed by atoms with Crippen LogP contribution in [-0.4, -0.2) is 11.7 Å². The van der Waals surface area contributed by atoms with Gasteiger partial charge in [0.1, 0.15) is 6.54 Å². The lowest BCUT2D eigenvalue weighted by molar-refractivity contribution is -0.121. The average molecular weight is 147 g/mol. The minimum absolute atomic E-state index is 0.120. The van der Waals surface area contributed by atoms with Gasteiger partial charge in [-0.3, -0.25) is 9.59 Å². The van der Waals surface area contributed by atoms with Gasteiger partial charge in [-0.1, -0.05) is 12.2 Å². The molecule has 2 rings (SSSR count). The summed E-state index contributed by atoms with van der Waals surface area (Å²) in [6, 6.07) is 0. The number of hydrogen-bond donors (Lipinski definition) is 1. The van der Waals surface area contributed by atoms with Gasteiger partial charge in [0.2, 0.25) is 0 Å². The number of hydrogen-bond acceptors (Lipinski definition) is 2. The molecule has 0 atom stereocenters. The van der Waals surface area contributed by atoms with Crippen LogP contribution in [0.25, 0.3) is 0 Å². The Morgan fingerprint density at radius 3 is 3.00 bits per heavy atom. The molecular weight excluding hydrogens is 142 g/mol. The Morgan fingerprint density at radius 1 is 1.45 bits per heavy atom. The second-order valence-corrected chi connectivity index (χ2v) is 2.40. The number of nitrogens with one attached hydrogen (secondary N) is 1. The zero-order chi connectivity index (χ0) is 7.84. The first-order chi connectivity index (χ1) is 5.29. The highest BCUT2D eigenvalue weighted by molar-refractivity contribution is 6.23. The van der Waals surface area contributed by atoms with Crippen LogP contribution in [-0.2, 0) is 9.59 Å². The number of ketones is 1. The molecule has 1 heterocycles. The average Bonchev–Trinajstić information content (AvgIpc) is 2.34. The van der Waals surface area contributed by atoms with Crippen LogP contribution in [0.3, 0.4) is 0 Å². The van der Waals surface area contributed by atoms with E-state index >= 15 is 0 Å². The molecule has 2 aliphatic rings. The van der Waals surface area contributed by atoms with Crippen molar-refractivity contribution in [2.45, 2.75) is 6.42 Å². The van der Waals surface area contributed by atoms with Gasteiger partial charge in [0.05, 0.1) is 5.57 Å². The van der Waals surface area contributed by atoms with E-state index in [9.17, 15) is 9.59 Å². The van der Waals surface area contributed by atoms with E-state index in [-0.39, 0.29) is 17.3 Å². The molecule has 0 fully saturated rings. The Bertz CT molecular complexity index is 299. The van der Waals surface area contributed by atoms with Crippen LogP contribution in [0.1, 0.15) is 6.42 Å². The molecule has 0 aromatic rings. The highest BCUT2D eigenvalue weighted by atomic mass is 16.2. The summed E-state index contributed by atoms with van der Waals surface area (Å²) in [5.41, 5.74) is 0.846. The topological polar surface area (TPSA) is 46.2 Å². The Hall–Kier alpha value is -1.38. The summed E-state index contributed by atoms with van der Waals surface area (Å²) in [6.45, 7) is 2.61. The van der Waals surface area contributed by atoms with E-state index in [4.69, 9.17) is 0 Å². The van der Waals surface area contributed by atoms with Gasteiger partial charge in [0, 0.05) is 6.42 Å². The molecule has 54 valence electrons. The fourth-order valence-electron chi connectivity index (χ4n) is 1.16. The van der Waals surface area contributed by atoms with E-state index in [1.165, 1.54) is 0 Å². The van der Waals surface area contributed by atoms with Crippen molar-refractivity contribution in [3.8, 4) is 0 Å². The lowest BCUT2D eigenvalue weighted by Gasteiger charge is -2.01. The number of rotatable bonds is 0. The van der Waals surface area contributed by atoms with Crippen LogP contribution in [0.4, 0.5) is 0 Å². The summed E-state index contributed by atoms with van der Waals surface area (Å²) in [5.74, 6) is -0.445. The van der Waals surface area contributed by atoms with Crippen molar-refractivity contribution >= 4 is 11.7 Å². The van der Waals surface area contributed by atoms with Crippen molar-refractivity contribution in [3.05, 3.63) is 29.8 Å². The molecule has 0 unspecified atom stereocenters. The third-order valence-corrected chi connectivity index (χ3v) is 1.67. The fraction of sp³-hybridized carbons (Fsp3) is 0.125. The molecule has 1 aliphatic carbocycles.